The molecule has 27 heavy (non-hydrogen) atoms. The smallest absolute Gasteiger partial charge is 0.332 e. The van der Waals surface area contributed by atoms with Gasteiger partial charge in [0.25, 0.3) is 5.56 Å². The van der Waals surface area contributed by atoms with Crippen LogP contribution in [0.2, 0.25) is 10.0 Å². The minimum Gasteiger partial charge on any atom is -0.383 e. The van der Waals surface area contributed by atoms with Crippen molar-refractivity contribution in [1.82, 2.24) is 18.7 Å². The van der Waals surface area contributed by atoms with Gasteiger partial charge in [0, 0.05) is 43.4 Å². The molecule has 0 radical (unpaired) electrons. The number of benzene rings is 1. The number of fused-ring (bicyclic) bond motifs is 1. The van der Waals surface area contributed by atoms with E-state index in [1.165, 1.54) is 11.6 Å². The van der Waals surface area contributed by atoms with Gasteiger partial charge < -0.3 is 10.1 Å². The molecule has 0 aliphatic carbocycles. The summed E-state index contributed by atoms with van der Waals surface area (Å²) in [5.41, 5.74) is 0.340. The van der Waals surface area contributed by atoms with Gasteiger partial charge in [0.15, 0.2) is 11.2 Å². The van der Waals surface area contributed by atoms with Crippen LogP contribution in [0.1, 0.15) is 5.56 Å². The molecular weight excluding hydrogens is 393 g/mol. The van der Waals surface area contributed by atoms with Gasteiger partial charge in [-0.3, -0.25) is 18.5 Å². The summed E-state index contributed by atoms with van der Waals surface area (Å²) in [5, 5.41) is 4.09. The predicted octanol–water partition coefficient (Wildman–Crippen LogP) is 1.85. The fourth-order valence-corrected chi connectivity index (χ4v) is 3.36. The van der Waals surface area contributed by atoms with Crippen LogP contribution in [0, 0.1) is 0 Å². The highest BCUT2D eigenvalue weighted by molar-refractivity contribution is 6.36. The van der Waals surface area contributed by atoms with E-state index in [2.05, 4.69) is 10.3 Å². The SMILES string of the molecule is COCCNc1nc2c(c(=O)n(C)c(=O)n2C)n1Cc1c(Cl)cccc1Cl. The van der Waals surface area contributed by atoms with Crippen LogP contribution < -0.4 is 16.6 Å². The highest BCUT2D eigenvalue weighted by Gasteiger charge is 2.20. The molecule has 0 amide bonds. The van der Waals surface area contributed by atoms with E-state index in [4.69, 9.17) is 27.9 Å². The topological polar surface area (TPSA) is 83.1 Å². The Morgan fingerprint density at radius 3 is 2.44 bits per heavy atom. The number of ether oxygens (including phenoxy) is 1. The van der Waals surface area contributed by atoms with Crippen molar-refractivity contribution in [3.8, 4) is 0 Å². The van der Waals surface area contributed by atoms with Crippen molar-refractivity contribution < 1.29 is 4.74 Å². The van der Waals surface area contributed by atoms with Gasteiger partial charge in [0.1, 0.15) is 0 Å². The number of rotatable bonds is 6. The molecule has 0 unspecified atom stereocenters. The van der Waals surface area contributed by atoms with Gasteiger partial charge in [0.2, 0.25) is 5.95 Å². The molecule has 3 aromatic rings. The van der Waals surface area contributed by atoms with Crippen molar-refractivity contribution in [3.05, 3.63) is 54.6 Å². The van der Waals surface area contributed by atoms with E-state index in [-0.39, 0.29) is 17.7 Å². The van der Waals surface area contributed by atoms with E-state index in [9.17, 15) is 9.59 Å². The summed E-state index contributed by atoms with van der Waals surface area (Å²) in [5.74, 6) is 0.427. The number of aromatic nitrogens is 4. The molecule has 1 N–H and O–H groups in total. The quantitative estimate of drug-likeness (QED) is 0.625. The number of hydrogen-bond donors (Lipinski definition) is 1. The Bertz CT molecular complexity index is 1100. The second-order valence-electron chi connectivity index (χ2n) is 6.02. The van der Waals surface area contributed by atoms with Crippen LogP contribution in [0.25, 0.3) is 11.2 Å². The number of nitrogens with zero attached hydrogens (tertiary/aromatic N) is 4. The molecule has 0 aliphatic heterocycles. The summed E-state index contributed by atoms with van der Waals surface area (Å²) in [4.78, 5) is 29.5. The number of halogens is 2. The first-order chi connectivity index (χ1) is 12.9. The van der Waals surface area contributed by atoms with Gasteiger partial charge in [0.05, 0.1) is 13.2 Å². The molecule has 0 spiro atoms. The number of anilines is 1. The van der Waals surface area contributed by atoms with E-state index >= 15 is 0 Å². The third kappa shape index (κ3) is 3.47. The maximum Gasteiger partial charge on any atom is 0.332 e. The normalized spacial score (nSPS) is 11.3. The standard InChI is InChI=1S/C17H19Cl2N5O3/c1-22-14-13(15(25)23(2)17(22)26)24(16(21-14)20-7-8-27-3)9-10-11(18)5-4-6-12(10)19/h4-6H,7-9H2,1-3H3,(H,20,21). The Morgan fingerprint density at radius 1 is 1.15 bits per heavy atom. The monoisotopic (exact) mass is 411 g/mol. The van der Waals surface area contributed by atoms with Crippen molar-refractivity contribution in [2.45, 2.75) is 6.54 Å². The van der Waals surface area contributed by atoms with E-state index in [0.717, 1.165) is 4.57 Å². The molecular formula is C17H19Cl2N5O3. The largest absolute Gasteiger partial charge is 0.383 e. The number of aryl methyl sites for hydroxylation is 1. The molecule has 0 atom stereocenters. The average Bonchev–Trinajstić information content (AvgIpc) is 3.00. The van der Waals surface area contributed by atoms with Crippen molar-refractivity contribution >= 4 is 40.3 Å². The van der Waals surface area contributed by atoms with E-state index < -0.39 is 11.2 Å². The van der Waals surface area contributed by atoms with Crippen LogP contribution in [0.3, 0.4) is 0 Å². The van der Waals surface area contributed by atoms with Crippen LogP contribution in [0.15, 0.2) is 27.8 Å². The highest BCUT2D eigenvalue weighted by atomic mass is 35.5. The van der Waals surface area contributed by atoms with Gasteiger partial charge in [-0.15, -0.1) is 0 Å². The van der Waals surface area contributed by atoms with Crippen molar-refractivity contribution in [1.29, 1.82) is 0 Å². The maximum atomic E-state index is 12.8. The lowest BCUT2D eigenvalue weighted by Crippen LogP contribution is -2.37. The summed E-state index contributed by atoms with van der Waals surface area (Å²) in [7, 11) is 4.60. The van der Waals surface area contributed by atoms with Crippen LogP contribution in [-0.2, 0) is 25.4 Å². The second kappa shape index (κ2) is 7.75. The van der Waals surface area contributed by atoms with Gasteiger partial charge in [-0.2, -0.15) is 4.98 Å². The Balaban J connectivity index is 2.26. The van der Waals surface area contributed by atoms with Crippen molar-refractivity contribution in [3.63, 3.8) is 0 Å². The summed E-state index contributed by atoms with van der Waals surface area (Å²) in [6.07, 6.45) is 0. The van der Waals surface area contributed by atoms with Crippen molar-refractivity contribution in [2.24, 2.45) is 14.1 Å². The summed E-state index contributed by atoms with van der Waals surface area (Å²) < 4.78 is 9.12. The number of methoxy groups -OCH3 is 1. The number of hydrogen-bond acceptors (Lipinski definition) is 5. The van der Waals surface area contributed by atoms with Crippen LogP contribution >= 0.6 is 23.2 Å². The first kappa shape index (κ1) is 19.5. The Labute approximate surface area is 164 Å². The lowest BCUT2D eigenvalue weighted by Gasteiger charge is -2.13. The average molecular weight is 412 g/mol. The molecule has 2 heterocycles. The molecule has 8 nitrogen and oxygen atoms in total. The predicted molar refractivity (Wildman–Crippen MR) is 106 cm³/mol. The highest BCUT2D eigenvalue weighted by Crippen LogP contribution is 2.27. The Kier molecular flexibility index (Phi) is 5.59. The minimum absolute atomic E-state index is 0.220. The fourth-order valence-electron chi connectivity index (χ4n) is 2.84. The third-order valence-electron chi connectivity index (χ3n) is 4.32. The lowest BCUT2D eigenvalue weighted by atomic mass is 10.2. The van der Waals surface area contributed by atoms with Gasteiger partial charge in [-0.1, -0.05) is 29.3 Å². The minimum atomic E-state index is -0.448. The van der Waals surface area contributed by atoms with E-state index in [0.29, 0.717) is 34.7 Å². The first-order valence-electron chi connectivity index (χ1n) is 8.18. The maximum absolute atomic E-state index is 12.8. The van der Waals surface area contributed by atoms with Gasteiger partial charge in [-0.25, -0.2) is 4.79 Å². The first-order valence-corrected chi connectivity index (χ1v) is 8.94. The summed E-state index contributed by atoms with van der Waals surface area (Å²) in [6, 6.07) is 5.21. The second-order valence-corrected chi connectivity index (χ2v) is 6.83. The van der Waals surface area contributed by atoms with Gasteiger partial charge >= 0.3 is 5.69 Å². The molecule has 0 saturated heterocycles. The molecule has 3 rings (SSSR count). The number of nitrogens with one attached hydrogen (secondary N) is 1. The Hall–Kier alpha value is -2.29. The molecule has 0 saturated carbocycles. The molecule has 144 valence electrons. The molecule has 0 bridgehead atoms. The van der Waals surface area contributed by atoms with E-state index in [1.807, 2.05) is 0 Å². The summed E-state index contributed by atoms with van der Waals surface area (Å²) >= 11 is 12.6. The third-order valence-corrected chi connectivity index (χ3v) is 5.02. The zero-order valence-corrected chi connectivity index (χ0v) is 16.6. The van der Waals surface area contributed by atoms with Crippen LogP contribution in [-0.4, -0.2) is 38.9 Å². The van der Waals surface area contributed by atoms with Crippen molar-refractivity contribution in [2.75, 3.05) is 25.6 Å². The lowest BCUT2D eigenvalue weighted by molar-refractivity contribution is 0.210. The van der Waals surface area contributed by atoms with E-state index in [1.54, 1.807) is 36.9 Å². The molecule has 0 fully saturated rings. The molecule has 2 aromatic heterocycles. The van der Waals surface area contributed by atoms with Crippen LogP contribution in [0.5, 0.6) is 0 Å². The molecule has 0 aliphatic rings. The Morgan fingerprint density at radius 2 is 1.81 bits per heavy atom. The fraction of sp³-hybridized carbons (Fsp3) is 0.353. The zero-order valence-electron chi connectivity index (χ0n) is 15.1. The van der Waals surface area contributed by atoms with Crippen LogP contribution in [0.4, 0.5) is 5.95 Å². The number of imidazole rings is 1. The molecule has 1 aromatic carbocycles. The summed E-state index contributed by atoms with van der Waals surface area (Å²) in [6.45, 7) is 1.15. The van der Waals surface area contributed by atoms with Gasteiger partial charge in [-0.05, 0) is 12.1 Å². The molecule has 10 heteroatoms. The zero-order chi connectivity index (χ0) is 19.7.